The van der Waals surface area contributed by atoms with Gasteiger partial charge >= 0.3 is 5.97 Å². The van der Waals surface area contributed by atoms with E-state index in [4.69, 9.17) is 0 Å². The van der Waals surface area contributed by atoms with Gasteiger partial charge < -0.3 is 20.7 Å². The van der Waals surface area contributed by atoms with Gasteiger partial charge in [0, 0.05) is 6.92 Å². The normalized spacial score (nSPS) is 11.4. The number of amides is 3. The molecular weight excluding hydrogens is 254 g/mol. The van der Waals surface area contributed by atoms with E-state index in [2.05, 4.69) is 20.7 Å². The van der Waals surface area contributed by atoms with E-state index in [1.807, 2.05) is 0 Å². The Morgan fingerprint density at radius 1 is 1.21 bits per heavy atom. The van der Waals surface area contributed by atoms with Crippen molar-refractivity contribution in [2.24, 2.45) is 5.92 Å². The van der Waals surface area contributed by atoms with E-state index < -0.39 is 23.8 Å². The summed E-state index contributed by atoms with van der Waals surface area (Å²) in [6.07, 6.45) is 0.436. The summed E-state index contributed by atoms with van der Waals surface area (Å²) in [5.41, 5.74) is 0. The lowest BCUT2D eigenvalue weighted by atomic mass is 10.0. The van der Waals surface area contributed by atoms with Crippen LogP contribution < -0.4 is 16.0 Å². The summed E-state index contributed by atoms with van der Waals surface area (Å²) in [4.78, 5) is 43.7. The number of hydrogen-bond acceptors (Lipinski definition) is 5. The second-order valence-corrected chi connectivity index (χ2v) is 4.10. The van der Waals surface area contributed by atoms with Gasteiger partial charge in [0.15, 0.2) is 6.73 Å². The summed E-state index contributed by atoms with van der Waals surface area (Å²) in [6.45, 7) is 4.24. The van der Waals surface area contributed by atoms with Gasteiger partial charge in [-0.3, -0.25) is 19.2 Å². The molecule has 0 aromatic carbocycles. The lowest BCUT2D eigenvalue weighted by Crippen LogP contribution is -2.49. The first-order valence-corrected chi connectivity index (χ1v) is 5.76. The number of nitrogens with one attached hydrogen (secondary N) is 3. The van der Waals surface area contributed by atoms with Crippen molar-refractivity contribution in [3.63, 3.8) is 0 Å². The average Bonchev–Trinajstić information content (AvgIpc) is 2.32. The largest absolute Gasteiger partial charge is 0.445 e. The predicted octanol–water partition coefficient (Wildman–Crippen LogP) is -1.49. The van der Waals surface area contributed by atoms with Crippen LogP contribution in [0.1, 0.15) is 20.8 Å². The van der Waals surface area contributed by atoms with Crippen LogP contribution in [0.2, 0.25) is 0 Å². The highest BCUT2D eigenvalue weighted by atomic mass is 16.5. The molecule has 8 nitrogen and oxygen atoms in total. The Morgan fingerprint density at radius 2 is 1.84 bits per heavy atom. The maximum Gasteiger partial charge on any atom is 0.304 e. The highest BCUT2D eigenvalue weighted by molar-refractivity contribution is 5.88. The zero-order valence-corrected chi connectivity index (χ0v) is 11.2. The fourth-order valence-electron chi connectivity index (χ4n) is 1.20. The Balaban J connectivity index is 4.02. The van der Waals surface area contributed by atoms with Gasteiger partial charge in [-0.05, 0) is 5.92 Å². The standard InChI is InChI=1S/C11H19N3O5/c1-7(2)10(13-5-15)11(18)12-4-9(17)14-6-19-8(3)16/h5,7,10H,4,6H2,1-3H3,(H,12,18)(H,13,15)(H,14,17). The maximum atomic E-state index is 11.7. The molecule has 0 radical (unpaired) electrons. The molecule has 0 aliphatic rings. The second kappa shape index (κ2) is 8.90. The Kier molecular flexibility index (Phi) is 7.90. The highest BCUT2D eigenvalue weighted by Gasteiger charge is 2.21. The van der Waals surface area contributed by atoms with Gasteiger partial charge in [-0.25, -0.2) is 0 Å². The monoisotopic (exact) mass is 273 g/mol. The van der Waals surface area contributed by atoms with Gasteiger partial charge in [0.1, 0.15) is 6.04 Å². The minimum atomic E-state index is -0.696. The predicted molar refractivity (Wildman–Crippen MR) is 65.6 cm³/mol. The molecule has 0 aliphatic heterocycles. The first-order valence-electron chi connectivity index (χ1n) is 5.76. The number of carbonyl (C=O) groups is 4. The third-order valence-corrected chi connectivity index (χ3v) is 2.16. The van der Waals surface area contributed by atoms with Crippen LogP contribution in [0.3, 0.4) is 0 Å². The van der Waals surface area contributed by atoms with Crippen LogP contribution in [0.25, 0.3) is 0 Å². The van der Waals surface area contributed by atoms with E-state index >= 15 is 0 Å². The summed E-state index contributed by atoms with van der Waals surface area (Å²) >= 11 is 0. The third kappa shape index (κ3) is 7.74. The summed E-state index contributed by atoms with van der Waals surface area (Å²) in [7, 11) is 0. The molecule has 0 bridgehead atoms. The van der Waals surface area contributed by atoms with Gasteiger partial charge in [0.25, 0.3) is 0 Å². The van der Waals surface area contributed by atoms with E-state index in [1.54, 1.807) is 13.8 Å². The quantitative estimate of drug-likeness (QED) is 0.283. The summed E-state index contributed by atoms with van der Waals surface area (Å²) < 4.78 is 4.50. The molecule has 0 aromatic rings. The molecule has 3 amide bonds. The molecule has 1 atom stereocenters. The fourth-order valence-corrected chi connectivity index (χ4v) is 1.20. The molecule has 0 spiro atoms. The molecule has 0 saturated heterocycles. The zero-order valence-electron chi connectivity index (χ0n) is 11.2. The molecule has 0 aromatic heterocycles. The van der Waals surface area contributed by atoms with Crippen LogP contribution in [0.4, 0.5) is 0 Å². The number of ether oxygens (including phenoxy) is 1. The Hall–Kier alpha value is -2.12. The average molecular weight is 273 g/mol. The van der Waals surface area contributed by atoms with E-state index in [9.17, 15) is 19.2 Å². The van der Waals surface area contributed by atoms with Gasteiger partial charge in [-0.15, -0.1) is 0 Å². The number of carbonyl (C=O) groups excluding carboxylic acids is 4. The molecule has 0 fully saturated rings. The van der Waals surface area contributed by atoms with Gasteiger partial charge in [0.2, 0.25) is 18.2 Å². The van der Waals surface area contributed by atoms with Crippen molar-refractivity contribution in [1.82, 2.24) is 16.0 Å². The summed E-state index contributed by atoms with van der Waals surface area (Å²) in [5.74, 6) is -1.57. The van der Waals surface area contributed by atoms with Crippen molar-refractivity contribution in [1.29, 1.82) is 0 Å². The molecule has 0 heterocycles. The van der Waals surface area contributed by atoms with Crippen LogP contribution in [0.15, 0.2) is 0 Å². The van der Waals surface area contributed by atoms with Gasteiger partial charge in [-0.1, -0.05) is 13.8 Å². The molecule has 0 rings (SSSR count). The van der Waals surface area contributed by atoms with Crippen LogP contribution in [-0.4, -0.2) is 43.5 Å². The van der Waals surface area contributed by atoms with Crippen molar-refractivity contribution in [2.45, 2.75) is 26.8 Å². The molecule has 3 N–H and O–H groups in total. The SMILES string of the molecule is CC(=O)OCNC(=O)CNC(=O)C(NC=O)C(C)C. The topological polar surface area (TPSA) is 114 Å². The Morgan fingerprint density at radius 3 is 2.32 bits per heavy atom. The highest BCUT2D eigenvalue weighted by Crippen LogP contribution is 2.00. The Labute approximate surface area is 111 Å². The molecular formula is C11H19N3O5. The van der Waals surface area contributed by atoms with E-state index in [0.29, 0.717) is 6.41 Å². The first kappa shape index (κ1) is 16.9. The van der Waals surface area contributed by atoms with Crippen molar-refractivity contribution < 1.29 is 23.9 Å². The van der Waals surface area contributed by atoms with Crippen molar-refractivity contribution in [2.75, 3.05) is 13.3 Å². The maximum absolute atomic E-state index is 11.7. The molecule has 0 saturated carbocycles. The molecule has 19 heavy (non-hydrogen) atoms. The van der Waals surface area contributed by atoms with Crippen LogP contribution in [0, 0.1) is 5.92 Å². The molecule has 1 unspecified atom stereocenters. The van der Waals surface area contributed by atoms with Crippen LogP contribution >= 0.6 is 0 Å². The van der Waals surface area contributed by atoms with E-state index in [0.717, 1.165) is 0 Å². The lowest BCUT2D eigenvalue weighted by Gasteiger charge is -2.19. The number of hydrogen-bond donors (Lipinski definition) is 3. The minimum absolute atomic E-state index is 0.102. The van der Waals surface area contributed by atoms with Crippen LogP contribution in [0.5, 0.6) is 0 Å². The van der Waals surface area contributed by atoms with Gasteiger partial charge in [0.05, 0.1) is 6.54 Å². The summed E-state index contributed by atoms with van der Waals surface area (Å²) in [5, 5.41) is 7.03. The van der Waals surface area contributed by atoms with Crippen molar-refractivity contribution >= 4 is 24.2 Å². The van der Waals surface area contributed by atoms with E-state index in [1.165, 1.54) is 6.92 Å². The van der Waals surface area contributed by atoms with E-state index in [-0.39, 0.29) is 19.2 Å². The Bertz CT molecular complexity index is 343. The lowest BCUT2D eigenvalue weighted by molar-refractivity contribution is -0.143. The summed E-state index contributed by atoms with van der Waals surface area (Å²) in [6, 6.07) is -0.696. The van der Waals surface area contributed by atoms with Crippen molar-refractivity contribution in [3.05, 3.63) is 0 Å². The minimum Gasteiger partial charge on any atom is -0.445 e. The smallest absolute Gasteiger partial charge is 0.304 e. The zero-order chi connectivity index (χ0) is 14.8. The first-order chi connectivity index (χ1) is 8.88. The molecule has 8 heteroatoms. The van der Waals surface area contributed by atoms with Gasteiger partial charge in [-0.2, -0.15) is 0 Å². The molecule has 108 valence electrons. The fraction of sp³-hybridized carbons (Fsp3) is 0.636. The van der Waals surface area contributed by atoms with Crippen LogP contribution in [-0.2, 0) is 23.9 Å². The van der Waals surface area contributed by atoms with Crippen molar-refractivity contribution in [3.8, 4) is 0 Å². The number of rotatable bonds is 8. The second-order valence-electron chi connectivity index (χ2n) is 4.10. The number of esters is 1. The molecule has 0 aliphatic carbocycles. The third-order valence-electron chi connectivity index (χ3n) is 2.16.